The van der Waals surface area contributed by atoms with E-state index >= 15 is 0 Å². The normalized spacial score (nSPS) is 18.9. The van der Waals surface area contributed by atoms with Crippen molar-refractivity contribution in [1.82, 2.24) is 5.32 Å². The number of carbonyl (C=O) groups is 1. The molecule has 12 nitrogen and oxygen atoms in total. The van der Waals surface area contributed by atoms with Crippen LogP contribution >= 0.6 is 0 Å². The lowest BCUT2D eigenvalue weighted by Crippen LogP contribution is -2.61. The minimum atomic E-state index is -5.09. The molecule has 0 aromatic carbocycles. The molecule has 1 aliphatic heterocycles. The predicted molar refractivity (Wildman–Crippen MR) is 324 cm³/mol. The number of nitrogens with one attached hydrogen (secondary N) is 1. The van der Waals surface area contributed by atoms with E-state index in [1.807, 2.05) is 6.08 Å². The topological polar surface area (TPSA) is 192 Å². The molecule has 13 heteroatoms. The molecule has 1 aliphatic rings. The van der Waals surface area contributed by atoms with E-state index in [2.05, 4.69) is 35.5 Å². The first-order valence-corrected chi connectivity index (χ1v) is 34.6. The Hall–Kier alpha value is -1.42. The van der Waals surface area contributed by atoms with Crippen LogP contribution in [0.5, 0.6) is 0 Å². The number of ether oxygens (including phenoxy) is 2. The lowest BCUT2D eigenvalue weighted by Gasteiger charge is -2.41. The molecular weight excluding hydrogens is 1000 g/mol. The summed E-state index contributed by atoms with van der Waals surface area (Å²) in [4.78, 5) is 13.2. The van der Waals surface area contributed by atoms with Crippen molar-refractivity contribution in [2.75, 3.05) is 13.2 Å². The second-order valence-corrected chi connectivity index (χ2v) is 24.5. The Bertz CT molecular complexity index is 1470. The number of amides is 1. The number of allylic oxidation sites excluding steroid dienone is 3. The van der Waals surface area contributed by atoms with Gasteiger partial charge >= 0.3 is 10.4 Å². The smallest absolute Gasteiger partial charge is 0.394 e. The maximum Gasteiger partial charge on any atom is 0.397 e. The van der Waals surface area contributed by atoms with E-state index in [9.17, 15) is 38.2 Å². The molecule has 7 unspecified atom stereocenters. The zero-order valence-electron chi connectivity index (χ0n) is 50.5. The molecule has 1 heterocycles. The minimum Gasteiger partial charge on any atom is -0.394 e. The molecule has 1 amide bonds. The molecule has 1 saturated heterocycles. The Morgan fingerprint density at radius 1 is 0.500 bits per heavy atom. The average molecular weight is 1130 g/mol. The van der Waals surface area contributed by atoms with Crippen molar-refractivity contribution < 1.29 is 51.8 Å². The van der Waals surface area contributed by atoms with Crippen LogP contribution in [0.25, 0.3) is 0 Å². The van der Waals surface area contributed by atoms with Gasteiger partial charge < -0.3 is 35.2 Å². The summed E-state index contributed by atoms with van der Waals surface area (Å²) >= 11 is 0. The van der Waals surface area contributed by atoms with Gasteiger partial charge in [0.05, 0.1) is 25.4 Å². The van der Waals surface area contributed by atoms with Crippen LogP contribution in [-0.2, 0) is 28.9 Å². The summed E-state index contributed by atoms with van der Waals surface area (Å²) in [5.74, 6) is -0.257. The number of unbranched alkanes of at least 4 members (excludes halogenated alkanes) is 45. The Morgan fingerprint density at radius 3 is 1.15 bits per heavy atom. The maximum atomic E-state index is 13.2. The van der Waals surface area contributed by atoms with Gasteiger partial charge in [0.25, 0.3) is 0 Å². The zero-order valence-corrected chi connectivity index (χ0v) is 51.3. The molecule has 78 heavy (non-hydrogen) atoms. The van der Waals surface area contributed by atoms with Crippen LogP contribution in [0.1, 0.15) is 328 Å². The van der Waals surface area contributed by atoms with E-state index in [-0.39, 0.29) is 18.9 Å². The molecule has 1 fully saturated rings. The molecule has 0 radical (unpaired) electrons. The highest BCUT2D eigenvalue weighted by molar-refractivity contribution is 7.80. The van der Waals surface area contributed by atoms with E-state index < -0.39 is 59.9 Å². The van der Waals surface area contributed by atoms with Gasteiger partial charge in [0.15, 0.2) is 6.29 Å². The van der Waals surface area contributed by atoms with Gasteiger partial charge in [-0.1, -0.05) is 301 Å². The predicted octanol–water partition coefficient (Wildman–Crippen LogP) is 16.7. The number of carbonyl (C=O) groups excluding carboxylic acids is 1. The van der Waals surface area contributed by atoms with Crippen molar-refractivity contribution in [2.45, 2.75) is 371 Å². The van der Waals surface area contributed by atoms with Gasteiger partial charge in [0.1, 0.15) is 24.4 Å². The van der Waals surface area contributed by atoms with Crippen molar-refractivity contribution in [3.8, 4) is 0 Å². The van der Waals surface area contributed by atoms with Crippen LogP contribution in [0.4, 0.5) is 0 Å². The van der Waals surface area contributed by atoms with Crippen molar-refractivity contribution in [1.29, 1.82) is 0 Å². The standard InChI is InChI=1S/C65H125NO11S/c1-3-5-7-9-11-13-15-17-19-21-23-25-27-28-29-30-31-32-33-35-37-39-41-43-45-47-49-51-53-55-61(69)66-58(57-75-65-63(71)64(77-78(72,73)74)62(70)60(56-67)76-65)59(68)54-52-50-48-46-44-42-40-38-36-34-26-24-22-20-18-16-14-12-10-8-6-4-2/h28-29,52,54,58-60,62-65,67-68,70-71H,3-27,30-51,53,55-57H2,1-2H3,(H,66,69)(H,72,73,74)/b29-28-,54-52+. The molecular formula is C65H125NO11S. The van der Waals surface area contributed by atoms with Crippen LogP contribution < -0.4 is 5.32 Å². The van der Waals surface area contributed by atoms with Gasteiger partial charge in [-0.2, -0.15) is 8.42 Å². The van der Waals surface area contributed by atoms with Gasteiger partial charge in [0, 0.05) is 6.42 Å². The molecule has 0 saturated carbocycles. The lowest BCUT2D eigenvalue weighted by molar-refractivity contribution is -0.298. The molecule has 1 rings (SSSR count). The van der Waals surface area contributed by atoms with Crippen molar-refractivity contribution in [3.05, 3.63) is 24.3 Å². The zero-order chi connectivity index (χ0) is 56.8. The fourth-order valence-electron chi connectivity index (χ4n) is 10.9. The highest BCUT2D eigenvalue weighted by atomic mass is 32.3. The SMILES string of the molecule is CCCCCCCCCCCCCC/C=C\CCCCCCCCCCCCCCCC(=O)NC(COC1OC(CO)C(O)C(OS(=O)(=O)O)C1O)C(O)/C=C/CCCCCCCCCCCCCCCCCCCCCC. The summed E-state index contributed by atoms with van der Waals surface area (Å²) in [6.45, 7) is 3.45. The first-order valence-electron chi connectivity index (χ1n) is 33.2. The summed E-state index contributed by atoms with van der Waals surface area (Å²) in [6, 6.07) is -0.944. The van der Waals surface area contributed by atoms with Gasteiger partial charge in [-0.15, -0.1) is 0 Å². The van der Waals surface area contributed by atoms with Gasteiger partial charge in [-0.05, 0) is 44.9 Å². The summed E-state index contributed by atoms with van der Waals surface area (Å²) in [7, 11) is -5.09. The molecule has 7 atom stereocenters. The quantitative estimate of drug-likeness (QED) is 0.0193. The lowest BCUT2D eigenvalue weighted by atomic mass is 9.99. The Labute approximate surface area is 480 Å². The first kappa shape index (κ1) is 74.6. The maximum absolute atomic E-state index is 13.2. The van der Waals surface area contributed by atoms with Crippen molar-refractivity contribution in [2.24, 2.45) is 0 Å². The van der Waals surface area contributed by atoms with Gasteiger partial charge in [-0.3, -0.25) is 9.35 Å². The molecule has 0 aromatic heterocycles. The largest absolute Gasteiger partial charge is 0.397 e. The second-order valence-electron chi connectivity index (χ2n) is 23.4. The Morgan fingerprint density at radius 2 is 0.821 bits per heavy atom. The minimum absolute atomic E-state index is 0.257. The molecule has 0 spiro atoms. The van der Waals surface area contributed by atoms with Crippen molar-refractivity contribution in [3.63, 3.8) is 0 Å². The summed E-state index contributed by atoms with van der Waals surface area (Å²) in [5, 5.41) is 45.1. The number of hydrogen-bond donors (Lipinski definition) is 6. The van der Waals surface area contributed by atoms with E-state index in [0.29, 0.717) is 6.42 Å². The van der Waals surface area contributed by atoms with Gasteiger partial charge in [-0.25, -0.2) is 4.18 Å². The summed E-state index contributed by atoms with van der Waals surface area (Å²) in [6.07, 6.45) is 61.0. The first-order chi connectivity index (χ1) is 38.0. The van der Waals surface area contributed by atoms with E-state index in [1.54, 1.807) is 6.08 Å². The Balaban J connectivity index is 2.28. The van der Waals surface area contributed by atoms with Gasteiger partial charge in [0.2, 0.25) is 5.91 Å². The average Bonchev–Trinajstić information content (AvgIpc) is 3.45. The fourth-order valence-corrected chi connectivity index (χ4v) is 11.4. The molecule has 0 aromatic rings. The molecule has 462 valence electrons. The number of rotatable bonds is 59. The van der Waals surface area contributed by atoms with Crippen LogP contribution in [0.2, 0.25) is 0 Å². The third kappa shape index (κ3) is 46.1. The summed E-state index contributed by atoms with van der Waals surface area (Å²) < 4.78 is 48.0. The van der Waals surface area contributed by atoms with E-state index in [4.69, 9.17) is 9.47 Å². The van der Waals surface area contributed by atoms with E-state index in [1.165, 1.54) is 263 Å². The fraction of sp³-hybridized carbons (Fsp3) is 0.923. The van der Waals surface area contributed by atoms with Crippen molar-refractivity contribution >= 4 is 16.3 Å². The number of hydrogen-bond acceptors (Lipinski definition) is 10. The summed E-state index contributed by atoms with van der Waals surface area (Å²) in [5.41, 5.74) is 0. The number of aliphatic hydroxyl groups is 4. The highest BCUT2D eigenvalue weighted by Gasteiger charge is 2.48. The van der Waals surface area contributed by atoms with E-state index in [0.717, 1.165) is 38.5 Å². The van der Waals surface area contributed by atoms with Crippen LogP contribution in [0.15, 0.2) is 24.3 Å². The highest BCUT2D eigenvalue weighted by Crippen LogP contribution is 2.26. The number of aliphatic hydroxyl groups excluding tert-OH is 4. The van der Waals surface area contributed by atoms with Crippen LogP contribution in [-0.4, -0.2) is 95.4 Å². The third-order valence-corrected chi connectivity index (χ3v) is 16.4. The van der Waals surface area contributed by atoms with Crippen LogP contribution in [0, 0.1) is 0 Å². The molecule has 0 bridgehead atoms. The van der Waals surface area contributed by atoms with Crippen LogP contribution in [0.3, 0.4) is 0 Å². The molecule has 0 aliphatic carbocycles. The third-order valence-electron chi connectivity index (χ3n) is 16.0. The Kier molecular flexibility index (Phi) is 52.4. The molecule has 6 N–H and O–H groups in total. The monoisotopic (exact) mass is 1130 g/mol. The second kappa shape index (κ2) is 54.8.